The average molecular weight is 426 g/mol. The Balaban J connectivity index is 2.30. The van der Waals surface area contributed by atoms with E-state index < -0.39 is 0 Å². The highest BCUT2D eigenvalue weighted by Crippen LogP contribution is 2.38. The lowest BCUT2D eigenvalue weighted by Gasteiger charge is -2.13. The van der Waals surface area contributed by atoms with Gasteiger partial charge < -0.3 is 4.74 Å². The second-order valence-corrected chi connectivity index (χ2v) is 7.31. The van der Waals surface area contributed by atoms with Gasteiger partial charge in [-0.1, -0.05) is 26.0 Å². The first kappa shape index (κ1) is 17.2. The molecule has 4 heteroatoms. The van der Waals surface area contributed by atoms with E-state index in [1.54, 1.807) is 6.92 Å². The van der Waals surface area contributed by atoms with Crippen LogP contribution in [0.3, 0.4) is 0 Å². The number of rotatable bonds is 5. The van der Waals surface area contributed by atoms with Gasteiger partial charge in [0.25, 0.3) is 0 Å². The van der Waals surface area contributed by atoms with E-state index >= 15 is 0 Å². The minimum absolute atomic E-state index is 0.136. The van der Waals surface area contributed by atoms with E-state index in [1.807, 2.05) is 30.3 Å². The van der Waals surface area contributed by atoms with Gasteiger partial charge in [-0.3, -0.25) is 4.79 Å². The third-order valence-electron chi connectivity index (χ3n) is 3.26. The minimum Gasteiger partial charge on any atom is -0.455 e. The van der Waals surface area contributed by atoms with Crippen molar-refractivity contribution < 1.29 is 9.53 Å². The molecule has 0 aliphatic heterocycles. The minimum atomic E-state index is 0.136. The highest BCUT2D eigenvalue weighted by molar-refractivity contribution is 9.11. The molecular weight excluding hydrogens is 408 g/mol. The van der Waals surface area contributed by atoms with Gasteiger partial charge in [-0.15, -0.1) is 0 Å². The molecule has 0 amide bonds. The quantitative estimate of drug-likeness (QED) is 0.565. The Morgan fingerprint density at radius 3 is 2.32 bits per heavy atom. The Morgan fingerprint density at radius 2 is 1.77 bits per heavy atom. The molecule has 0 aliphatic rings. The Bertz CT molecular complexity index is 670. The third kappa shape index (κ3) is 4.43. The van der Waals surface area contributed by atoms with Crippen LogP contribution in [-0.4, -0.2) is 5.78 Å². The Hall–Kier alpha value is -1.13. The molecule has 0 bridgehead atoms. The lowest BCUT2D eigenvalue weighted by atomic mass is 10.0. The van der Waals surface area contributed by atoms with Crippen molar-refractivity contribution in [3.05, 3.63) is 56.5 Å². The second-order valence-electron chi connectivity index (χ2n) is 5.60. The Morgan fingerprint density at radius 1 is 1.14 bits per heavy atom. The summed E-state index contributed by atoms with van der Waals surface area (Å²) in [6, 6.07) is 11.9. The summed E-state index contributed by atoms with van der Waals surface area (Å²) in [6.45, 7) is 5.90. The van der Waals surface area contributed by atoms with E-state index in [0.29, 0.717) is 18.1 Å². The number of Topliss-reactive ketones (excluding diaryl/α,β-unsaturated/α-hetero) is 1. The van der Waals surface area contributed by atoms with Gasteiger partial charge in [0, 0.05) is 6.42 Å². The molecule has 22 heavy (non-hydrogen) atoms. The molecule has 116 valence electrons. The standard InChI is InChI=1S/C18H18Br2O2/c1-11(2)14-5-4-6-15(10-14)22-18-16(19)8-13(7-12(3)21)9-17(18)20/h4-6,8-11H,7H2,1-3H3. The van der Waals surface area contributed by atoms with Gasteiger partial charge in [0.1, 0.15) is 11.5 Å². The van der Waals surface area contributed by atoms with Crippen LogP contribution in [0.5, 0.6) is 11.5 Å². The number of halogens is 2. The van der Waals surface area contributed by atoms with Gasteiger partial charge in [-0.25, -0.2) is 0 Å². The summed E-state index contributed by atoms with van der Waals surface area (Å²) in [4.78, 5) is 11.3. The molecule has 0 heterocycles. The molecule has 0 aliphatic carbocycles. The maximum absolute atomic E-state index is 11.3. The Labute approximate surface area is 148 Å². The molecule has 0 atom stereocenters. The summed E-state index contributed by atoms with van der Waals surface area (Å²) in [5.41, 5.74) is 2.19. The van der Waals surface area contributed by atoms with Crippen molar-refractivity contribution in [3.63, 3.8) is 0 Å². The summed E-state index contributed by atoms with van der Waals surface area (Å²) in [6.07, 6.45) is 0.417. The normalized spacial score (nSPS) is 10.8. The van der Waals surface area contributed by atoms with Crippen LogP contribution < -0.4 is 4.74 Å². The van der Waals surface area contributed by atoms with E-state index in [-0.39, 0.29) is 5.78 Å². The molecule has 2 nitrogen and oxygen atoms in total. The fraction of sp³-hybridized carbons (Fsp3) is 0.278. The fourth-order valence-electron chi connectivity index (χ4n) is 2.15. The molecule has 0 spiro atoms. The van der Waals surface area contributed by atoms with E-state index in [1.165, 1.54) is 5.56 Å². The zero-order valence-corrected chi connectivity index (χ0v) is 16.0. The fourth-order valence-corrected chi connectivity index (χ4v) is 3.60. The first-order valence-corrected chi connectivity index (χ1v) is 8.70. The molecule has 0 saturated carbocycles. The summed E-state index contributed by atoms with van der Waals surface area (Å²) in [5, 5.41) is 0. The van der Waals surface area contributed by atoms with Crippen LogP contribution >= 0.6 is 31.9 Å². The van der Waals surface area contributed by atoms with E-state index in [2.05, 4.69) is 51.8 Å². The Kier molecular flexibility index (Phi) is 5.81. The molecule has 0 aromatic heterocycles. The van der Waals surface area contributed by atoms with Gasteiger partial charge in [-0.05, 0) is 80.1 Å². The van der Waals surface area contributed by atoms with E-state index in [9.17, 15) is 4.79 Å². The molecule has 0 saturated heterocycles. The molecule has 0 N–H and O–H groups in total. The smallest absolute Gasteiger partial charge is 0.155 e. The van der Waals surface area contributed by atoms with Crippen molar-refractivity contribution in [1.29, 1.82) is 0 Å². The zero-order chi connectivity index (χ0) is 16.3. The third-order valence-corrected chi connectivity index (χ3v) is 4.43. The predicted octanol–water partition coefficient (Wildman–Crippen LogP) is 6.26. The number of carbonyl (C=O) groups excluding carboxylic acids is 1. The molecule has 2 rings (SSSR count). The predicted molar refractivity (Wildman–Crippen MR) is 96.8 cm³/mol. The zero-order valence-electron chi connectivity index (χ0n) is 12.8. The number of ketones is 1. The number of ether oxygens (including phenoxy) is 1. The topological polar surface area (TPSA) is 26.3 Å². The largest absolute Gasteiger partial charge is 0.455 e. The van der Waals surface area contributed by atoms with Crippen LogP contribution in [0.1, 0.15) is 37.8 Å². The monoisotopic (exact) mass is 424 g/mol. The van der Waals surface area contributed by atoms with Crippen LogP contribution in [0.4, 0.5) is 0 Å². The first-order chi connectivity index (χ1) is 10.4. The summed E-state index contributed by atoms with van der Waals surface area (Å²) >= 11 is 7.05. The van der Waals surface area contributed by atoms with E-state index in [0.717, 1.165) is 20.3 Å². The van der Waals surface area contributed by atoms with Gasteiger partial charge in [-0.2, -0.15) is 0 Å². The summed E-state index contributed by atoms with van der Waals surface area (Å²) in [5.74, 6) is 2.10. The van der Waals surface area contributed by atoms with E-state index in [4.69, 9.17) is 4.74 Å². The van der Waals surface area contributed by atoms with Crippen LogP contribution in [0.2, 0.25) is 0 Å². The number of hydrogen-bond acceptors (Lipinski definition) is 2. The number of hydrogen-bond donors (Lipinski definition) is 0. The van der Waals surface area contributed by atoms with Crippen molar-refractivity contribution in [1.82, 2.24) is 0 Å². The van der Waals surface area contributed by atoms with Gasteiger partial charge in [0.05, 0.1) is 8.95 Å². The van der Waals surface area contributed by atoms with Gasteiger partial charge in [0.15, 0.2) is 5.75 Å². The van der Waals surface area contributed by atoms with Crippen LogP contribution in [0, 0.1) is 0 Å². The average Bonchev–Trinajstić information content (AvgIpc) is 2.42. The van der Waals surface area contributed by atoms with Crippen molar-refractivity contribution in [3.8, 4) is 11.5 Å². The highest BCUT2D eigenvalue weighted by Gasteiger charge is 2.12. The van der Waals surface area contributed by atoms with Crippen LogP contribution in [0.25, 0.3) is 0 Å². The van der Waals surface area contributed by atoms with Crippen molar-refractivity contribution in [2.24, 2.45) is 0 Å². The van der Waals surface area contributed by atoms with Crippen molar-refractivity contribution in [2.45, 2.75) is 33.1 Å². The molecule has 0 unspecified atom stereocenters. The number of benzene rings is 2. The molecule has 2 aromatic rings. The second kappa shape index (κ2) is 7.42. The summed E-state index contributed by atoms with van der Waals surface area (Å²) in [7, 11) is 0. The van der Waals surface area contributed by atoms with Crippen LogP contribution in [0.15, 0.2) is 45.3 Å². The summed E-state index contributed by atoms with van der Waals surface area (Å²) < 4.78 is 7.67. The maximum atomic E-state index is 11.3. The lowest BCUT2D eigenvalue weighted by molar-refractivity contribution is -0.116. The maximum Gasteiger partial charge on any atom is 0.155 e. The molecular formula is C18H18Br2O2. The van der Waals surface area contributed by atoms with Crippen molar-refractivity contribution >= 4 is 37.6 Å². The lowest BCUT2D eigenvalue weighted by Crippen LogP contribution is -1.97. The SMILES string of the molecule is CC(=O)Cc1cc(Br)c(Oc2cccc(C(C)C)c2)c(Br)c1. The van der Waals surface area contributed by atoms with Gasteiger partial charge >= 0.3 is 0 Å². The molecule has 0 fully saturated rings. The van der Waals surface area contributed by atoms with Crippen LogP contribution in [-0.2, 0) is 11.2 Å². The highest BCUT2D eigenvalue weighted by atomic mass is 79.9. The number of carbonyl (C=O) groups is 1. The molecule has 0 radical (unpaired) electrons. The molecule has 2 aromatic carbocycles. The first-order valence-electron chi connectivity index (χ1n) is 7.12. The van der Waals surface area contributed by atoms with Gasteiger partial charge in [0.2, 0.25) is 0 Å². The van der Waals surface area contributed by atoms with Crippen molar-refractivity contribution in [2.75, 3.05) is 0 Å².